The van der Waals surface area contributed by atoms with Gasteiger partial charge in [0.05, 0.1) is 6.42 Å². The third-order valence-corrected chi connectivity index (χ3v) is 2.24. The highest BCUT2D eigenvalue weighted by Gasteiger charge is 2.05. The number of hydrogen-bond acceptors (Lipinski definition) is 2. The van der Waals surface area contributed by atoms with Crippen molar-refractivity contribution in [2.45, 2.75) is 26.2 Å². The quantitative estimate of drug-likeness (QED) is 0.780. The van der Waals surface area contributed by atoms with Gasteiger partial charge in [0.1, 0.15) is 0 Å². The molecule has 0 aromatic heterocycles. The number of carboxylic acid groups (broad SMARTS) is 1. The summed E-state index contributed by atoms with van der Waals surface area (Å²) in [6.45, 7) is 4.72. The number of benzene rings is 1. The second kappa shape index (κ2) is 5.39. The summed E-state index contributed by atoms with van der Waals surface area (Å²) in [6.07, 6.45) is 0.145. The van der Waals surface area contributed by atoms with Crippen LogP contribution in [0.15, 0.2) is 24.3 Å². The largest absolute Gasteiger partial charge is 0.481 e. The predicted molar refractivity (Wildman–Crippen MR) is 61.3 cm³/mol. The van der Waals surface area contributed by atoms with E-state index in [2.05, 4.69) is 25.2 Å². The van der Waals surface area contributed by atoms with E-state index in [0.717, 1.165) is 5.69 Å². The van der Waals surface area contributed by atoms with Gasteiger partial charge in [-0.3, -0.25) is 4.79 Å². The minimum absolute atomic E-state index is 0.145. The average molecular weight is 207 g/mol. The Bertz CT molecular complexity index is 334. The van der Waals surface area contributed by atoms with Crippen molar-refractivity contribution in [1.82, 2.24) is 0 Å². The van der Waals surface area contributed by atoms with Gasteiger partial charge < -0.3 is 10.4 Å². The highest BCUT2D eigenvalue weighted by Crippen LogP contribution is 2.23. The van der Waals surface area contributed by atoms with Crippen LogP contribution < -0.4 is 5.32 Å². The average Bonchev–Trinajstić information content (AvgIpc) is 2.17. The van der Waals surface area contributed by atoms with Crippen molar-refractivity contribution < 1.29 is 9.90 Å². The van der Waals surface area contributed by atoms with Crippen LogP contribution in [0.3, 0.4) is 0 Å². The van der Waals surface area contributed by atoms with Gasteiger partial charge in [-0.15, -0.1) is 0 Å². The van der Waals surface area contributed by atoms with E-state index in [-0.39, 0.29) is 6.42 Å². The summed E-state index contributed by atoms with van der Waals surface area (Å²) in [5.41, 5.74) is 2.26. The molecule has 0 amide bonds. The van der Waals surface area contributed by atoms with Gasteiger partial charge in [0, 0.05) is 12.2 Å². The first-order chi connectivity index (χ1) is 7.11. The van der Waals surface area contributed by atoms with Gasteiger partial charge in [-0.05, 0) is 17.5 Å². The molecule has 0 unspecified atom stereocenters. The van der Waals surface area contributed by atoms with Crippen LogP contribution in [-0.4, -0.2) is 17.6 Å². The number of para-hydroxylation sites is 1. The fourth-order valence-corrected chi connectivity index (χ4v) is 1.47. The van der Waals surface area contributed by atoms with Crippen molar-refractivity contribution in [3.05, 3.63) is 29.8 Å². The Labute approximate surface area is 90.1 Å². The normalized spacial score (nSPS) is 10.3. The summed E-state index contributed by atoms with van der Waals surface area (Å²) in [7, 11) is 0. The van der Waals surface area contributed by atoms with Crippen molar-refractivity contribution in [1.29, 1.82) is 0 Å². The lowest BCUT2D eigenvalue weighted by Crippen LogP contribution is -2.09. The number of carbonyl (C=O) groups is 1. The first-order valence-electron chi connectivity index (χ1n) is 5.16. The summed E-state index contributed by atoms with van der Waals surface area (Å²) in [5.74, 6) is -0.331. The van der Waals surface area contributed by atoms with Gasteiger partial charge in [0.25, 0.3) is 0 Å². The first-order valence-corrected chi connectivity index (χ1v) is 5.16. The number of carboxylic acids is 1. The van der Waals surface area contributed by atoms with Crippen LogP contribution in [0.2, 0.25) is 0 Å². The van der Waals surface area contributed by atoms with Crippen LogP contribution in [0.5, 0.6) is 0 Å². The van der Waals surface area contributed by atoms with Crippen LogP contribution in [-0.2, 0) is 4.79 Å². The molecule has 0 spiro atoms. The monoisotopic (exact) mass is 207 g/mol. The molecule has 0 bridgehead atoms. The van der Waals surface area contributed by atoms with E-state index in [0.29, 0.717) is 12.5 Å². The molecule has 2 N–H and O–H groups in total. The van der Waals surface area contributed by atoms with E-state index in [1.807, 2.05) is 18.2 Å². The molecule has 15 heavy (non-hydrogen) atoms. The Hall–Kier alpha value is -1.51. The topological polar surface area (TPSA) is 49.3 Å². The minimum atomic E-state index is -0.774. The molecule has 0 saturated heterocycles. The maximum atomic E-state index is 10.4. The van der Waals surface area contributed by atoms with Crippen molar-refractivity contribution in [2.24, 2.45) is 0 Å². The van der Waals surface area contributed by atoms with E-state index in [4.69, 9.17) is 5.11 Å². The van der Waals surface area contributed by atoms with Crippen molar-refractivity contribution in [3.63, 3.8) is 0 Å². The zero-order valence-electron chi connectivity index (χ0n) is 9.16. The molecule has 0 radical (unpaired) electrons. The van der Waals surface area contributed by atoms with Crippen molar-refractivity contribution >= 4 is 11.7 Å². The zero-order valence-corrected chi connectivity index (χ0v) is 9.16. The smallest absolute Gasteiger partial charge is 0.305 e. The summed E-state index contributed by atoms with van der Waals surface area (Å²) >= 11 is 0. The van der Waals surface area contributed by atoms with E-state index in [9.17, 15) is 4.79 Å². The predicted octanol–water partition coefficient (Wildman–Crippen LogP) is 2.70. The fourth-order valence-electron chi connectivity index (χ4n) is 1.47. The van der Waals surface area contributed by atoms with Crippen LogP contribution in [0.4, 0.5) is 5.69 Å². The number of hydrogen-bond donors (Lipinski definition) is 2. The first kappa shape index (κ1) is 11.6. The van der Waals surface area contributed by atoms with Gasteiger partial charge >= 0.3 is 5.97 Å². The molecule has 3 nitrogen and oxygen atoms in total. The van der Waals surface area contributed by atoms with Crippen LogP contribution in [0.25, 0.3) is 0 Å². The third-order valence-electron chi connectivity index (χ3n) is 2.24. The van der Waals surface area contributed by atoms with Crippen LogP contribution in [0, 0.1) is 0 Å². The summed E-state index contributed by atoms with van der Waals surface area (Å²) in [4.78, 5) is 10.4. The van der Waals surface area contributed by atoms with Gasteiger partial charge in [-0.25, -0.2) is 0 Å². The standard InChI is InChI=1S/C12H17NO2/c1-9(2)10-5-3-4-6-11(10)13-8-7-12(14)15/h3-6,9,13H,7-8H2,1-2H3,(H,14,15). The second-order valence-electron chi connectivity index (χ2n) is 3.81. The maximum absolute atomic E-state index is 10.4. The van der Waals surface area contributed by atoms with Gasteiger partial charge in [-0.2, -0.15) is 0 Å². The van der Waals surface area contributed by atoms with E-state index < -0.39 is 5.97 Å². The molecule has 0 aliphatic heterocycles. The molecular weight excluding hydrogens is 190 g/mol. The number of nitrogens with one attached hydrogen (secondary N) is 1. The van der Waals surface area contributed by atoms with Crippen LogP contribution in [0.1, 0.15) is 31.7 Å². The van der Waals surface area contributed by atoms with E-state index in [1.54, 1.807) is 0 Å². The molecule has 1 aromatic carbocycles. The van der Waals surface area contributed by atoms with E-state index in [1.165, 1.54) is 5.56 Å². The van der Waals surface area contributed by atoms with Crippen molar-refractivity contribution in [2.75, 3.05) is 11.9 Å². The number of rotatable bonds is 5. The zero-order chi connectivity index (χ0) is 11.3. The Morgan fingerprint density at radius 3 is 2.67 bits per heavy atom. The molecule has 0 atom stereocenters. The summed E-state index contributed by atoms with van der Waals surface area (Å²) in [6, 6.07) is 8.00. The molecule has 0 heterocycles. The lowest BCUT2D eigenvalue weighted by Gasteiger charge is -2.13. The fraction of sp³-hybridized carbons (Fsp3) is 0.417. The Morgan fingerprint density at radius 1 is 1.40 bits per heavy atom. The molecule has 0 fully saturated rings. The molecule has 0 aliphatic rings. The highest BCUT2D eigenvalue weighted by molar-refractivity contribution is 5.67. The SMILES string of the molecule is CC(C)c1ccccc1NCCC(=O)O. The molecule has 1 aromatic rings. The highest BCUT2D eigenvalue weighted by atomic mass is 16.4. The molecule has 82 valence electrons. The van der Waals surface area contributed by atoms with Gasteiger partial charge in [-0.1, -0.05) is 32.0 Å². The van der Waals surface area contributed by atoms with Crippen LogP contribution >= 0.6 is 0 Å². The third kappa shape index (κ3) is 3.62. The molecular formula is C12H17NO2. The number of aliphatic carboxylic acids is 1. The maximum Gasteiger partial charge on any atom is 0.305 e. The van der Waals surface area contributed by atoms with Crippen molar-refractivity contribution in [3.8, 4) is 0 Å². The number of anilines is 1. The lowest BCUT2D eigenvalue weighted by molar-refractivity contribution is -0.136. The molecule has 3 heteroatoms. The summed E-state index contributed by atoms with van der Waals surface area (Å²) < 4.78 is 0. The van der Waals surface area contributed by atoms with Gasteiger partial charge in [0.15, 0.2) is 0 Å². The second-order valence-corrected chi connectivity index (χ2v) is 3.81. The Kier molecular flexibility index (Phi) is 4.16. The minimum Gasteiger partial charge on any atom is -0.481 e. The summed E-state index contributed by atoms with van der Waals surface area (Å²) in [5, 5.41) is 11.7. The van der Waals surface area contributed by atoms with E-state index >= 15 is 0 Å². The molecule has 0 saturated carbocycles. The molecule has 1 rings (SSSR count). The molecule has 0 aliphatic carbocycles. The van der Waals surface area contributed by atoms with Gasteiger partial charge in [0.2, 0.25) is 0 Å². The lowest BCUT2D eigenvalue weighted by atomic mass is 10.0. The Morgan fingerprint density at radius 2 is 2.07 bits per heavy atom. The Balaban J connectivity index is 2.63.